The van der Waals surface area contributed by atoms with Gasteiger partial charge < -0.3 is 4.57 Å². The minimum atomic E-state index is 0.601. The summed E-state index contributed by atoms with van der Waals surface area (Å²) >= 11 is 0. The van der Waals surface area contributed by atoms with Crippen LogP contribution in [0.25, 0.3) is 11.0 Å². The van der Waals surface area contributed by atoms with Gasteiger partial charge in [0, 0.05) is 7.05 Å². The van der Waals surface area contributed by atoms with E-state index in [-0.39, 0.29) is 0 Å². The van der Waals surface area contributed by atoms with Gasteiger partial charge in [-0.15, -0.1) is 0 Å². The van der Waals surface area contributed by atoms with Crippen LogP contribution in [0.1, 0.15) is 5.56 Å². The first kappa shape index (κ1) is 6.86. The molecule has 1 heterocycles. The first-order valence-corrected chi connectivity index (χ1v) is 3.56. The molecule has 3 heteroatoms. The van der Waals surface area contributed by atoms with Crippen molar-refractivity contribution in [2.45, 2.75) is 0 Å². The third-order valence-corrected chi connectivity index (χ3v) is 1.81. The molecule has 0 unspecified atom stereocenters. The Balaban J connectivity index is 2.92. The summed E-state index contributed by atoms with van der Waals surface area (Å²) in [5.41, 5.74) is 2.26. The number of rotatable bonds is 0. The molecule has 0 atom stereocenters. The SMILES string of the molecule is Cn1[c]nc2c(C#N)cccc21. The molecule has 0 saturated carbocycles. The molecule has 0 fully saturated rings. The number of nitrogens with zero attached hydrogens (tertiary/aromatic N) is 3. The van der Waals surface area contributed by atoms with Crippen molar-refractivity contribution < 1.29 is 0 Å². The molecule has 2 rings (SSSR count). The molecule has 0 bridgehead atoms. The number of hydrogen-bond donors (Lipinski definition) is 0. The van der Waals surface area contributed by atoms with Crippen molar-refractivity contribution in [3.05, 3.63) is 30.1 Å². The van der Waals surface area contributed by atoms with E-state index in [9.17, 15) is 0 Å². The average Bonchev–Trinajstić information content (AvgIpc) is 2.48. The van der Waals surface area contributed by atoms with E-state index in [0.717, 1.165) is 11.0 Å². The number of aryl methyl sites for hydroxylation is 1. The van der Waals surface area contributed by atoms with Crippen molar-refractivity contribution in [2.75, 3.05) is 0 Å². The zero-order valence-corrected chi connectivity index (χ0v) is 6.57. The number of aromatic nitrogens is 2. The van der Waals surface area contributed by atoms with Crippen LogP contribution in [0.2, 0.25) is 0 Å². The largest absolute Gasteiger partial charge is 0.324 e. The Morgan fingerprint density at radius 3 is 3.17 bits per heavy atom. The number of hydrogen-bond acceptors (Lipinski definition) is 2. The third kappa shape index (κ3) is 0.785. The number of nitriles is 1. The standard InChI is InChI=1S/C9H6N3/c1-12-6-11-9-7(5-10)3-2-4-8(9)12/h2-4H,1H3. The fourth-order valence-corrected chi connectivity index (χ4v) is 1.19. The molecule has 0 amide bonds. The molecule has 0 saturated heterocycles. The molecule has 1 radical (unpaired) electrons. The highest BCUT2D eigenvalue weighted by Gasteiger charge is 2.03. The van der Waals surface area contributed by atoms with E-state index in [0.29, 0.717) is 5.56 Å². The molecule has 0 spiro atoms. The normalized spacial score (nSPS) is 10.0. The van der Waals surface area contributed by atoms with Gasteiger partial charge in [0.05, 0.1) is 11.1 Å². The van der Waals surface area contributed by atoms with Gasteiger partial charge in [0.25, 0.3) is 0 Å². The van der Waals surface area contributed by atoms with Crippen LogP contribution in [0, 0.1) is 17.7 Å². The van der Waals surface area contributed by atoms with Gasteiger partial charge in [-0.3, -0.25) is 0 Å². The van der Waals surface area contributed by atoms with Crippen LogP contribution in [0.3, 0.4) is 0 Å². The fourth-order valence-electron chi connectivity index (χ4n) is 1.19. The molecule has 2 aromatic rings. The maximum Gasteiger partial charge on any atom is 0.177 e. The summed E-state index contributed by atoms with van der Waals surface area (Å²) in [6.45, 7) is 0. The smallest absolute Gasteiger partial charge is 0.177 e. The monoisotopic (exact) mass is 156 g/mol. The Morgan fingerprint density at radius 2 is 2.42 bits per heavy atom. The van der Waals surface area contributed by atoms with Crippen LogP contribution < -0.4 is 0 Å². The molecule has 0 aliphatic heterocycles. The van der Waals surface area contributed by atoms with Crippen LogP contribution in [0.4, 0.5) is 0 Å². The van der Waals surface area contributed by atoms with Crippen LogP contribution in [-0.4, -0.2) is 9.55 Å². The Bertz CT molecular complexity index is 462. The second kappa shape index (κ2) is 2.35. The molecule has 0 aliphatic rings. The van der Waals surface area contributed by atoms with Gasteiger partial charge in [-0.1, -0.05) is 6.07 Å². The zero-order valence-electron chi connectivity index (χ0n) is 6.57. The van der Waals surface area contributed by atoms with Crippen molar-refractivity contribution in [3.8, 4) is 6.07 Å². The molecular weight excluding hydrogens is 150 g/mol. The van der Waals surface area contributed by atoms with Crippen molar-refractivity contribution in [3.63, 3.8) is 0 Å². The molecule has 0 aliphatic carbocycles. The van der Waals surface area contributed by atoms with E-state index < -0.39 is 0 Å². The van der Waals surface area contributed by atoms with Crippen molar-refractivity contribution in [1.82, 2.24) is 9.55 Å². The second-order valence-corrected chi connectivity index (χ2v) is 2.56. The lowest BCUT2D eigenvalue weighted by molar-refractivity contribution is 0.936. The minimum Gasteiger partial charge on any atom is -0.324 e. The molecule has 0 N–H and O–H groups in total. The minimum absolute atomic E-state index is 0.601. The van der Waals surface area contributed by atoms with Gasteiger partial charge in [-0.05, 0) is 12.1 Å². The summed E-state index contributed by atoms with van der Waals surface area (Å²) in [5, 5.41) is 8.73. The second-order valence-electron chi connectivity index (χ2n) is 2.56. The van der Waals surface area contributed by atoms with Crippen LogP contribution in [0.15, 0.2) is 18.2 Å². The lowest BCUT2D eigenvalue weighted by atomic mass is 10.2. The quantitative estimate of drug-likeness (QED) is 0.576. The molecule has 1 aromatic carbocycles. The summed E-state index contributed by atoms with van der Waals surface area (Å²) < 4.78 is 1.77. The van der Waals surface area contributed by atoms with E-state index in [4.69, 9.17) is 5.26 Å². The Labute approximate surface area is 69.9 Å². The van der Waals surface area contributed by atoms with E-state index in [1.54, 1.807) is 10.6 Å². The highest BCUT2D eigenvalue weighted by molar-refractivity contribution is 5.81. The van der Waals surface area contributed by atoms with Gasteiger partial charge in [0.15, 0.2) is 6.33 Å². The number of benzene rings is 1. The third-order valence-electron chi connectivity index (χ3n) is 1.81. The highest BCUT2D eigenvalue weighted by atomic mass is 15.0. The molecule has 3 nitrogen and oxygen atoms in total. The van der Waals surface area contributed by atoms with Gasteiger partial charge in [0.2, 0.25) is 0 Å². The van der Waals surface area contributed by atoms with Gasteiger partial charge in [0.1, 0.15) is 11.6 Å². The maximum absolute atomic E-state index is 8.73. The van der Waals surface area contributed by atoms with Gasteiger partial charge in [-0.2, -0.15) is 5.26 Å². The predicted molar refractivity (Wildman–Crippen MR) is 44.3 cm³/mol. The van der Waals surface area contributed by atoms with Gasteiger partial charge >= 0.3 is 0 Å². The summed E-state index contributed by atoms with van der Waals surface area (Å²) in [4.78, 5) is 4.00. The van der Waals surface area contributed by atoms with Crippen molar-refractivity contribution >= 4 is 11.0 Å². The van der Waals surface area contributed by atoms with E-state index in [1.165, 1.54) is 0 Å². The summed E-state index contributed by atoms with van der Waals surface area (Å²) in [6.07, 6.45) is 2.77. The lowest BCUT2D eigenvalue weighted by Gasteiger charge is -1.92. The Kier molecular flexibility index (Phi) is 1.34. The molecule has 12 heavy (non-hydrogen) atoms. The predicted octanol–water partition coefficient (Wildman–Crippen LogP) is 1.25. The van der Waals surface area contributed by atoms with E-state index in [2.05, 4.69) is 17.4 Å². The molecular formula is C9H6N3. The number of imidazole rings is 1. The lowest BCUT2D eigenvalue weighted by Crippen LogP contribution is -1.84. The molecule has 57 valence electrons. The first-order chi connectivity index (χ1) is 5.83. The van der Waals surface area contributed by atoms with E-state index in [1.807, 2.05) is 19.2 Å². The van der Waals surface area contributed by atoms with Crippen LogP contribution in [-0.2, 0) is 7.05 Å². The number of para-hydroxylation sites is 1. The highest BCUT2D eigenvalue weighted by Crippen LogP contribution is 2.14. The molecule has 1 aromatic heterocycles. The summed E-state index contributed by atoms with van der Waals surface area (Å²) in [6, 6.07) is 7.60. The first-order valence-electron chi connectivity index (χ1n) is 3.56. The summed E-state index contributed by atoms with van der Waals surface area (Å²) in [5.74, 6) is 0. The zero-order chi connectivity index (χ0) is 8.55. The summed E-state index contributed by atoms with van der Waals surface area (Å²) in [7, 11) is 1.86. The van der Waals surface area contributed by atoms with Crippen molar-refractivity contribution in [2.24, 2.45) is 7.05 Å². The maximum atomic E-state index is 8.73. The fraction of sp³-hybridized carbons (Fsp3) is 0.111. The Morgan fingerprint density at radius 1 is 1.58 bits per heavy atom. The number of fused-ring (bicyclic) bond motifs is 1. The van der Waals surface area contributed by atoms with Crippen LogP contribution in [0.5, 0.6) is 0 Å². The average molecular weight is 156 g/mol. The van der Waals surface area contributed by atoms with Crippen LogP contribution >= 0.6 is 0 Å². The topological polar surface area (TPSA) is 41.6 Å². The Hall–Kier alpha value is -1.82. The van der Waals surface area contributed by atoms with Gasteiger partial charge in [-0.25, -0.2) is 4.98 Å². The van der Waals surface area contributed by atoms with Crippen molar-refractivity contribution in [1.29, 1.82) is 5.26 Å². The van der Waals surface area contributed by atoms with E-state index >= 15 is 0 Å².